The Balaban J connectivity index is 2.13. The number of nitriles is 1. The molecule has 0 saturated carbocycles. The number of hydrogen-bond donors (Lipinski definition) is 0. The summed E-state index contributed by atoms with van der Waals surface area (Å²) in [6, 6.07) is 5.17. The number of carbonyl (C=O) groups excluding carboxylic acids is 1. The highest BCUT2D eigenvalue weighted by Crippen LogP contribution is 2.18. The minimum atomic E-state index is -0.319. The fraction of sp³-hybridized carbons (Fsp3) is 0.462. The van der Waals surface area contributed by atoms with Gasteiger partial charge in [0.05, 0.1) is 17.8 Å². The third kappa shape index (κ3) is 2.66. The van der Waals surface area contributed by atoms with E-state index in [0.717, 1.165) is 0 Å². The van der Waals surface area contributed by atoms with Gasteiger partial charge in [-0.2, -0.15) is 5.26 Å². The van der Waals surface area contributed by atoms with E-state index in [1.165, 1.54) is 6.20 Å². The molecule has 1 aromatic heterocycles. The van der Waals surface area contributed by atoms with Gasteiger partial charge >= 0.3 is 0 Å². The molecule has 1 saturated heterocycles. The van der Waals surface area contributed by atoms with E-state index in [1.54, 1.807) is 17.0 Å². The maximum atomic E-state index is 12.2. The van der Waals surface area contributed by atoms with Gasteiger partial charge in [0.15, 0.2) is 0 Å². The lowest BCUT2D eigenvalue weighted by molar-refractivity contribution is -0.0765. The Labute approximate surface area is 106 Å². The van der Waals surface area contributed by atoms with Crippen LogP contribution in [0.3, 0.4) is 0 Å². The fourth-order valence-electron chi connectivity index (χ4n) is 1.94. The van der Waals surface area contributed by atoms with Crippen molar-refractivity contribution >= 4 is 5.91 Å². The summed E-state index contributed by atoms with van der Waals surface area (Å²) in [5.41, 5.74) is 0.501. The van der Waals surface area contributed by atoms with Gasteiger partial charge in [0.1, 0.15) is 11.8 Å². The average molecular weight is 245 g/mol. The molecule has 0 aromatic carbocycles. The first-order chi connectivity index (χ1) is 8.52. The van der Waals surface area contributed by atoms with Gasteiger partial charge < -0.3 is 9.64 Å². The molecule has 0 radical (unpaired) electrons. The van der Waals surface area contributed by atoms with Crippen molar-refractivity contribution in [3.8, 4) is 6.07 Å². The van der Waals surface area contributed by atoms with Crippen LogP contribution >= 0.6 is 0 Å². The van der Waals surface area contributed by atoms with Crippen molar-refractivity contribution in [3.05, 3.63) is 29.6 Å². The molecule has 5 heteroatoms. The van der Waals surface area contributed by atoms with Crippen molar-refractivity contribution in [2.24, 2.45) is 0 Å². The second-order valence-electron chi connectivity index (χ2n) is 4.88. The molecule has 18 heavy (non-hydrogen) atoms. The zero-order valence-corrected chi connectivity index (χ0v) is 10.5. The van der Waals surface area contributed by atoms with Gasteiger partial charge in [0, 0.05) is 19.3 Å². The molecule has 1 aliphatic rings. The van der Waals surface area contributed by atoms with Crippen LogP contribution in [0.5, 0.6) is 0 Å². The van der Waals surface area contributed by atoms with E-state index in [1.807, 2.05) is 19.9 Å². The van der Waals surface area contributed by atoms with Crippen molar-refractivity contribution in [2.45, 2.75) is 19.4 Å². The van der Waals surface area contributed by atoms with Crippen LogP contribution < -0.4 is 0 Å². The van der Waals surface area contributed by atoms with Crippen LogP contribution in [0.25, 0.3) is 0 Å². The first-order valence-electron chi connectivity index (χ1n) is 5.81. The molecule has 1 amide bonds. The second-order valence-corrected chi connectivity index (χ2v) is 4.88. The number of pyridine rings is 1. The Kier molecular flexibility index (Phi) is 3.30. The topological polar surface area (TPSA) is 66.2 Å². The van der Waals surface area contributed by atoms with Gasteiger partial charge in [-0.3, -0.25) is 4.79 Å². The highest BCUT2D eigenvalue weighted by Gasteiger charge is 2.30. The number of amides is 1. The smallest absolute Gasteiger partial charge is 0.272 e. The molecule has 1 aromatic rings. The molecule has 0 unspecified atom stereocenters. The zero-order chi connectivity index (χ0) is 13.2. The summed E-state index contributed by atoms with van der Waals surface area (Å²) < 4.78 is 5.56. The van der Waals surface area contributed by atoms with Gasteiger partial charge in [-0.05, 0) is 26.0 Å². The predicted molar refractivity (Wildman–Crippen MR) is 64.9 cm³/mol. The summed E-state index contributed by atoms with van der Waals surface area (Å²) >= 11 is 0. The number of morpholine rings is 1. The number of aromatic nitrogens is 1. The summed E-state index contributed by atoms with van der Waals surface area (Å²) in [6.07, 6.45) is 1.42. The Morgan fingerprint density at radius 3 is 2.89 bits per heavy atom. The van der Waals surface area contributed by atoms with E-state index in [9.17, 15) is 4.79 Å². The predicted octanol–water partition coefficient (Wildman–Crippen LogP) is 1.20. The summed E-state index contributed by atoms with van der Waals surface area (Å²) in [5.74, 6) is -0.115. The minimum Gasteiger partial charge on any atom is -0.372 e. The van der Waals surface area contributed by atoms with Gasteiger partial charge in [-0.15, -0.1) is 0 Å². The molecule has 0 atom stereocenters. The van der Waals surface area contributed by atoms with E-state index < -0.39 is 0 Å². The lowest BCUT2D eigenvalue weighted by Gasteiger charge is -2.37. The minimum absolute atomic E-state index is 0.115. The second kappa shape index (κ2) is 4.75. The van der Waals surface area contributed by atoms with E-state index in [2.05, 4.69) is 4.98 Å². The summed E-state index contributed by atoms with van der Waals surface area (Å²) in [7, 11) is 0. The number of hydrogen-bond acceptors (Lipinski definition) is 4. The van der Waals surface area contributed by atoms with Crippen molar-refractivity contribution < 1.29 is 9.53 Å². The Hall–Kier alpha value is -1.93. The Morgan fingerprint density at radius 2 is 2.33 bits per heavy atom. The third-order valence-electron chi connectivity index (χ3n) is 2.82. The third-order valence-corrected chi connectivity index (χ3v) is 2.82. The Morgan fingerprint density at radius 1 is 1.56 bits per heavy atom. The molecule has 0 spiro atoms. The fourth-order valence-corrected chi connectivity index (χ4v) is 1.94. The van der Waals surface area contributed by atoms with E-state index in [4.69, 9.17) is 10.00 Å². The number of rotatable bonds is 1. The Bertz CT molecular complexity index is 488. The van der Waals surface area contributed by atoms with Crippen LogP contribution in [0.15, 0.2) is 18.3 Å². The van der Waals surface area contributed by atoms with Crippen LogP contribution in [0.1, 0.15) is 29.9 Å². The molecule has 1 fully saturated rings. The standard InChI is InChI=1S/C13H15N3O2/c1-13(2)9-16(5-6-18-13)12(17)11-4-3-10(7-14)8-15-11/h3-4,8H,5-6,9H2,1-2H3. The lowest BCUT2D eigenvalue weighted by atomic mass is 10.1. The van der Waals surface area contributed by atoms with Gasteiger partial charge in [-0.1, -0.05) is 0 Å². The van der Waals surface area contributed by atoms with Crippen molar-refractivity contribution in [1.82, 2.24) is 9.88 Å². The molecule has 0 aliphatic carbocycles. The van der Waals surface area contributed by atoms with Crippen LogP contribution in [0.2, 0.25) is 0 Å². The molecule has 94 valence electrons. The van der Waals surface area contributed by atoms with E-state index >= 15 is 0 Å². The van der Waals surface area contributed by atoms with Crippen LogP contribution in [-0.4, -0.2) is 41.1 Å². The van der Waals surface area contributed by atoms with Crippen molar-refractivity contribution in [1.29, 1.82) is 5.26 Å². The highest BCUT2D eigenvalue weighted by molar-refractivity contribution is 5.92. The first-order valence-corrected chi connectivity index (χ1v) is 5.81. The van der Waals surface area contributed by atoms with Gasteiger partial charge in [0.25, 0.3) is 5.91 Å². The number of nitrogens with zero attached hydrogens (tertiary/aromatic N) is 3. The summed E-state index contributed by atoms with van der Waals surface area (Å²) in [6.45, 7) is 5.57. The highest BCUT2D eigenvalue weighted by atomic mass is 16.5. The maximum Gasteiger partial charge on any atom is 0.272 e. The summed E-state index contributed by atoms with van der Waals surface area (Å²) in [5, 5.41) is 8.68. The van der Waals surface area contributed by atoms with Crippen LogP contribution in [0, 0.1) is 11.3 Å². The van der Waals surface area contributed by atoms with Gasteiger partial charge in [0.2, 0.25) is 0 Å². The largest absolute Gasteiger partial charge is 0.372 e. The summed E-state index contributed by atoms with van der Waals surface area (Å²) in [4.78, 5) is 18.0. The molecule has 5 nitrogen and oxygen atoms in total. The molecule has 0 N–H and O–H groups in total. The first kappa shape index (κ1) is 12.5. The van der Waals surface area contributed by atoms with Gasteiger partial charge in [-0.25, -0.2) is 4.98 Å². The zero-order valence-electron chi connectivity index (χ0n) is 10.5. The number of ether oxygens (including phenoxy) is 1. The van der Waals surface area contributed by atoms with Crippen molar-refractivity contribution in [2.75, 3.05) is 19.7 Å². The quantitative estimate of drug-likeness (QED) is 0.745. The molecular formula is C13H15N3O2. The number of carbonyl (C=O) groups is 1. The SMILES string of the molecule is CC1(C)CN(C(=O)c2ccc(C#N)cn2)CCO1. The maximum absolute atomic E-state index is 12.2. The average Bonchev–Trinajstić information content (AvgIpc) is 2.37. The molecule has 2 heterocycles. The van der Waals surface area contributed by atoms with E-state index in [0.29, 0.717) is 31.0 Å². The van der Waals surface area contributed by atoms with Crippen LogP contribution in [0.4, 0.5) is 0 Å². The van der Waals surface area contributed by atoms with Crippen LogP contribution in [-0.2, 0) is 4.74 Å². The lowest BCUT2D eigenvalue weighted by Crippen LogP contribution is -2.50. The van der Waals surface area contributed by atoms with E-state index in [-0.39, 0.29) is 11.5 Å². The normalized spacial score (nSPS) is 18.2. The molecular weight excluding hydrogens is 230 g/mol. The molecule has 0 bridgehead atoms. The molecule has 2 rings (SSSR count). The van der Waals surface area contributed by atoms with Crippen molar-refractivity contribution in [3.63, 3.8) is 0 Å². The molecule has 1 aliphatic heterocycles. The monoisotopic (exact) mass is 245 g/mol.